The van der Waals surface area contributed by atoms with Crippen molar-refractivity contribution in [2.75, 3.05) is 5.32 Å². The largest absolute Gasteiger partial charge is 0.296 e. The number of carbonyl (C=O) groups is 1. The molecule has 1 N–H and O–H groups in total. The first-order valence-corrected chi connectivity index (χ1v) is 7.61. The lowest BCUT2D eigenvalue weighted by molar-refractivity contribution is 0.102. The zero-order valence-electron chi connectivity index (χ0n) is 11.9. The molecule has 112 valence electrons. The van der Waals surface area contributed by atoms with E-state index in [1.807, 2.05) is 24.3 Å². The highest BCUT2D eigenvalue weighted by molar-refractivity contribution is 7.15. The maximum absolute atomic E-state index is 12.1. The Morgan fingerprint density at radius 3 is 2.77 bits per heavy atom. The maximum Gasteiger partial charge on any atom is 0.257 e. The fourth-order valence-electron chi connectivity index (χ4n) is 1.88. The van der Waals surface area contributed by atoms with Gasteiger partial charge < -0.3 is 0 Å². The Morgan fingerprint density at radius 2 is 2.09 bits per heavy atom. The molecule has 1 aromatic carbocycles. The van der Waals surface area contributed by atoms with Gasteiger partial charge in [0, 0.05) is 5.56 Å². The van der Waals surface area contributed by atoms with E-state index in [2.05, 4.69) is 32.5 Å². The molecule has 3 rings (SSSR count). The van der Waals surface area contributed by atoms with Crippen LogP contribution in [0.4, 0.5) is 5.13 Å². The molecule has 1 amide bonds. The second-order valence-corrected chi connectivity index (χ2v) is 5.66. The van der Waals surface area contributed by atoms with Crippen molar-refractivity contribution in [1.29, 1.82) is 0 Å². The van der Waals surface area contributed by atoms with Crippen LogP contribution in [0.2, 0.25) is 0 Å². The second kappa shape index (κ2) is 6.44. The van der Waals surface area contributed by atoms with E-state index in [0.717, 1.165) is 11.4 Å². The minimum Gasteiger partial charge on any atom is -0.296 e. The number of nitrogens with one attached hydrogen (secondary N) is 1. The molecule has 0 atom stereocenters. The van der Waals surface area contributed by atoms with Crippen LogP contribution in [0, 0.1) is 0 Å². The Hall–Kier alpha value is -2.61. The Balaban J connectivity index is 1.65. The number of benzene rings is 1. The van der Waals surface area contributed by atoms with Crippen LogP contribution in [0.3, 0.4) is 0 Å². The van der Waals surface area contributed by atoms with Crippen LogP contribution in [0.5, 0.6) is 0 Å². The first-order valence-electron chi connectivity index (χ1n) is 6.79. The highest BCUT2D eigenvalue weighted by Gasteiger charge is 2.10. The van der Waals surface area contributed by atoms with Crippen molar-refractivity contribution >= 4 is 22.4 Å². The Bertz CT molecular complexity index is 750. The zero-order chi connectivity index (χ0) is 15.4. The van der Waals surface area contributed by atoms with Crippen LogP contribution in [0.15, 0.2) is 36.9 Å². The molecule has 2 heterocycles. The summed E-state index contributed by atoms with van der Waals surface area (Å²) in [5.41, 5.74) is 1.80. The number of carbonyl (C=O) groups excluding carboxylic acids is 1. The topological polar surface area (TPSA) is 85.6 Å². The van der Waals surface area contributed by atoms with Crippen molar-refractivity contribution in [3.05, 3.63) is 53.1 Å². The third kappa shape index (κ3) is 3.34. The lowest BCUT2D eigenvalue weighted by Gasteiger charge is -2.02. The quantitative estimate of drug-likeness (QED) is 0.778. The molecular weight excluding hydrogens is 300 g/mol. The number of hydrogen-bond donors (Lipinski definition) is 1. The van der Waals surface area contributed by atoms with Crippen molar-refractivity contribution < 1.29 is 4.79 Å². The normalized spacial score (nSPS) is 10.6. The Morgan fingerprint density at radius 1 is 1.27 bits per heavy atom. The van der Waals surface area contributed by atoms with Gasteiger partial charge in [-0.1, -0.05) is 30.4 Å². The SMILES string of the molecule is CCc1ccc(C(=O)Nc2nnc(Cn3cncn3)s2)cc1. The summed E-state index contributed by atoms with van der Waals surface area (Å²) in [4.78, 5) is 16.0. The molecule has 0 fully saturated rings. The first-order chi connectivity index (χ1) is 10.7. The summed E-state index contributed by atoms with van der Waals surface area (Å²) in [6.07, 6.45) is 4.02. The van der Waals surface area contributed by atoms with Crippen molar-refractivity contribution in [3.63, 3.8) is 0 Å². The summed E-state index contributed by atoms with van der Waals surface area (Å²) >= 11 is 1.32. The number of aryl methyl sites for hydroxylation is 1. The minimum atomic E-state index is -0.189. The van der Waals surface area contributed by atoms with Crippen LogP contribution in [-0.4, -0.2) is 30.9 Å². The molecule has 22 heavy (non-hydrogen) atoms. The van der Waals surface area contributed by atoms with Gasteiger partial charge in [0.1, 0.15) is 17.7 Å². The lowest BCUT2D eigenvalue weighted by Crippen LogP contribution is -2.11. The van der Waals surface area contributed by atoms with Gasteiger partial charge in [-0.2, -0.15) is 5.10 Å². The molecule has 8 heteroatoms. The van der Waals surface area contributed by atoms with Crippen LogP contribution < -0.4 is 5.32 Å². The fraction of sp³-hybridized carbons (Fsp3) is 0.214. The van der Waals surface area contributed by atoms with E-state index in [-0.39, 0.29) is 5.91 Å². The third-order valence-electron chi connectivity index (χ3n) is 3.08. The van der Waals surface area contributed by atoms with Gasteiger partial charge in [-0.05, 0) is 24.1 Å². The van der Waals surface area contributed by atoms with Gasteiger partial charge in [0.15, 0.2) is 0 Å². The van der Waals surface area contributed by atoms with Crippen molar-refractivity contribution in [2.24, 2.45) is 0 Å². The number of hydrogen-bond acceptors (Lipinski definition) is 6. The predicted molar refractivity (Wildman–Crippen MR) is 82.8 cm³/mol. The number of nitrogens with zero attached hydrogens (tertiary/aromatic N) is 5. The monoisotopic (exact) mass is 314 g/mol. The van der Waals surface area contributed by atoms with Gasteiger partial charge in [0.05, 0.1) is 6.54 Å². The van der Waals surface area contributed by atoms with E-state index in [1.165, 1.54) is 23.2 Å². The van der Waals surface area contributed by atoms with E-state index in [4.69, 9.17) is 0 Å². The van der Waals surface area contributed by atoms with E-state index >= 15 is 0 Å². The summed E-state index contributed by atoms with van der Waals surface area (Å²) in [6.45, 7) is 2.56. The molecule has 0 radical (unpaired) electrons. The number of anilines is 1. The Labute approximate surface area is 131 Å². The third-order valence-corrected chi connectivity index (χ3v) is 3.90. The minimum absolute atomic E-state index is 0.189. The predicted octanol–water partition coefficient (Wildman–Crippen LogP) is 1.99. The van der Waals surface area contributed by atoms with Crippen molar-refractivity contribution in [1.82, 2.24) is 25.0 Å². The molecule has 7 nitrogen and oxygen atoms in total. The molecule has 2 aromatic heterocycles. The summed E-state index contributed by atoms with van der Waals surface area (Å²) in [7, 11) is 0. The van der Waals surface area contributed by atoms with Crippen LogP contribution in [0.25, 0.3) is 0 Å². The molecule has 0 saturated carbocycles. The zero-order valence-corrected chi connectivity index (χ0v) is 12.7. The summed E-state index contributed by atoms with van der Waals surface area (Å²) < 4.78 is 1.65. The van der Waals surface area contributed by atoms with Gasteiger partial charge in [0.2, 0.25) is 5.13 Å². The molecule has 0 aliphatic heterocycles. The lowest BCUT2D eigenvalue weighted by atomic mass is 10.1. The van der Waals surface area contributed by atoms with Gasteiger partial charge in [-0.3, -0.25) is 10.1 Å². The highest BCUT2D eigenvalue weighted by atomic mass is 32.1. The van der Waals surface area contributed by atoms with E-state index in [0.29, 0.717) is 17.2 Å². The van der Waals surface area contributed by atoms with Crippen LogP contribution in [-0.2, 0) is 13.0 Å². The van der Waals surface area contributed by atoms with E-state index in [9.17, 15) is 4.79 Å². The van der Waals surface area contributed by atoms with Crippen molar-refractivity contribution in [3.8, 4) is 0 Å². The molecule has 0 spiro atoms. The first kappa shape index (κ1) is 14.3. The van der Waals surface area contributed by atoms with Crippen LogP contribution in [0.1, 0.15) is 27.9 Å². The molecule has 0 saturated heterocycles. The standard InChI is InChI=1S/C14H14N6OS/c1-2-10-3-5-11(6-4-10)13(21)17-14-19-18-12(22-14)7-20-9-15-8-16-20/h3-6,8-9H,2,7H2,1H3,(H,17,19,21). The van der Waals surface area contributed by atoms with E-state index in [1.54, 1.807) is 11.0 Å². The molecular formula is C14H14N6OS. The smallest absolute Gasteiger partial charge is 0.257 e. The van der Waals surface area contributed by atoms with Gasteiger partial charge >= 0.3 is 0 Å². The van der Waals surface area contributed by atoms with Gasteiger partial charge in [0.25, 0.3) is 5.91 Å². The summed E-state index contributed by atoms with van der Waals surface area (Å²) in [5, 5.41) is 16.0. The number of rotatable bonds is 5. The summed E-state index contributed by atoms with van der Waals surface area (Å²) in [5.74, 6) is -0.189. The average Bonchev–Trinajstić information content (AvgIpc) is 3.20. The van der Waals surface area contributed by atoms with Crippen molar-refractivity contribution in [2.45, 2.75) is 19.9 Å². The molecule has 0 aliphatic rings. The molecule has 0 aliphatic carbocycles. The Kier molecular flexibility index (Phi) is 4.19. The maximum atomic E-state index is 12.1. The van der Waals surface area contributed by atoms with Crippen LogP contribution >= 0.6 is 11.3 Å². The number of aromatic nitrogens is 5. The number of amides is 1. The van der Waals surface area contributed by atoms with E-state index < -0.39 is 0 Å². The highest BCUT2D eigenvalue weighted by Crippen LogP contribution is 2.17. The second-order valence-electron chi connectivity index (χ2n) is 4.60. The summed E-state index contributed by atoms with van der Waals surface area (Å²) in [6, 6.07) is 7.52. The molecule has 3 aromatic rings. The average molecular weight is 314 g/mol. The fourth-order valence-corrected chi connectivity index (χ4v) is 2.61. The molecule has 0 unspecified atom stereocenters. The van der Waals surface area contributed by atoms with Gasteiger partial charge in [-0.15, -0.1) is 10.2 Å². The molecule has 0 bridgehead atoms. The van der Waals surface area contributed by atoms with Gasteiger partial charge in [-0.25, -0.2) is 9.67 Å².